The van der Waals surface area contributed by atoms with Crippen LogP contribution in [0, 0.1) is 5.92 Å². The molecule has 0 saturated carbocycles. The second-order valence-corrected chi connectivity index (χ2v) is 6.80. The highest BCUT2D eigenvalue weighted by atomic mass is 35.5. The maximum atomic E-state index is 11.5. The van der Waals surface area contributed by atoms with Crippen LogP contribution in [-0.2, 0) is 21.2 Å². The van der Waals surface area contributed by atoms with E-state index in [1.54, 1.807) is 12.1 Å². The first kappa shape index (κ1) is 13.8. The Bertz CT molecular complexity index is 501. The standard InChI is InChI=1S/C12H16ClNO3S/c13-11-3-1-9(2-4-11)7-10-8-17-6-5-12(10)18(14,15)16/h1-4,10,12H,5-8H2,(H2,14,15,16)/t10-,12+/m0/s1. The summed E-state index contributed by atoms with van der Waals surface area (Å²) in [6, 6.07) is 7.40. The molecule has 1 fully saturated rings. The molecule has 2 rings (SSSR count). The van der Waals surface area contributed by atoms with Crippen LogP contribution in [0.4, 0.5) is 0 Å². The van der Waals surface area contributed by atoms with Crippen molar-refractivity contribution in [1.82, 2.24) is 0 Å². The molecule has 1 saturated heterocycles. The van der Waals surface area contributed by atoms with Gasteiger partial charge >= 0.3 is 0 Å². The third-order valence-corrected chi connectivity index (χ3v) is 4.95. The number of ether oxygens (including phenoxy) is 1. The van der Waals surface area contributed by atoms with E-state index in [1.807, 2.05) is 12.1 Å². The van der Waals surface area contributed by atoms with Gasteiger partial charge in [0.2, 0.25) is 10.0 Å². The highest BCUT2D eigenvalue weighted by Gasteiger charge is 2.33. The first-order valence-electron chi connectivity index (χ1n) is 5.80. The summed E-state index contributed by atoms with van der Waals surface area (Å²) < 4.78 is 28.4. The maximum Gasteiger partial charge on any atom is 0.212 e. The quantitative estimate of drug-likeness (QED) is 0.918. The van der Waals surface area contributed by atoms with Crippen LogP contribution in [0.15, 0.2) is 24.3 Å². The van der Waals surface area contributed by atoms with Gasteiger partial charge in [0.25, 0.3) is 0 Å². The lowest BCUT2D eigenvalue weighted by Gasteiger charge is -2.29. The number of nitrogens with two attached hydrogens (primary N) is 1. The fourth-order valence-electron chi connectivity index (χ4n) is 2.32. The van der Waals surface area contributed by atoms with E-state index in [0.717, 1.165) is 5.56 Å². The van der Waals surface area contributed by atoms with Crippen LogP contribution >= 0.6 is 11.6 Å². The molecular formula is C12H16ClNO3S. The zero-order chi connectivity index (χ0) is 13.2. The Morgan fingerprint density at radius 1 is 1.33 bits per heavy atom. The summed E-state index contributed by atoms with van der Waals surface area (Å²) in [4.78, 5) is 0. The molecule has 0 aromatic heterocycles. The normalized spacial score (nSPS) is 25.0. The predicted octanol–water partition coefficient (Wildman–Crippen LogP) is 1.58. The van der Waals surface area contributed by atoms with Crippen molar-refractivity contribution >= 4 is 21.6 Å². The van der Waals surface area contributed by atoms with E-state index in [1.165, 1.54) is 0 Å². The molecule has 0 spiro atoms. The Kier molecular flexibility index (Phi) is 4.27. The van der Waals surface area contributed by atoms with E-state index in [4.69, 9.17) is 21.5 Å². The minimum absolute atomic E-state index is 0.0880. The molecule has 1 heterocycles. The minimum atomic E-state index is -3.51. The molecule has 0 unspecified atom stereocenters. The Labute approximate surface area is 112 Å². The van der Waals surface area contributed by atoms with Crippen molar-refractivity contribution in [2.24, 2.45) is 11.1 Å². The van der Waals surface area contributed by atoms with E-state index >= 15 is 0 Å². The summed E-state index contributed by atoms with van der Waals surface area (Å²) in [7, 11) is -3.51. The molecule has 2 N–H and O–H groups in total. The molecule has 0 bridgehead atoms. The monoisotopic (exact) mass is 289 g/mol. The minimum Gasteiger partial charge on any atom is -0.381 e. The third kappa shape index (κ3) is 3.45. The molecule has 0 radical (unpaired) electrons. The van der Waals surface area contributed by atoms with Crippen LogP contribution < -0.4 is 5.14 Å². The molecule has 1 aromatic carbocycles. The van der Waals surface area contributed by atoms with Gasteiger partial charge in [0.15, 0.2) is 0 Å². The van der Waals surface area contributed by atoms with Gasteiger partial charge in [0.05, 0.1) is 11.9 Å². The van der Waals surface area contributed by atoms with Gasteiger partial charge in [0.1, 0.15) is 0 Å². The van der Waals surface area contributed by atoms with Gasteiger partial charge in [-0.2, -0.15) is 0 Å². The number of hydrogen-bond donors (Lipinski definition) is 1. The molecule has 18 heavy (non-hydrogen) atoms. The van der Waals surface area contributed by atoms with Crippen LogP contribution in [0.5, 0.6) is 0 Å². The molecule has 1 aliphatic rings. The zero-order valence-corrected chi connectivity index (χ0v) is 11.5. The molecule has 0 aliphatic carbocycles. The molecule has 1 aliphatic heterocycles. The van der Waals surface area contributed by atoms with Crippen molar-refractivity contribution in [2.75, 3.05) is 13.2 Å². The summed E-state index contributed by atoms with van der Waals surface area (Å²) in [5, 5.41) is 5.43. The second kappa shape index (κ2) is 5.57. The second-order valence-electron chi connectivity index (χ2n) is 4.58. The fraction of sp³-hybridized carbons (Fsp3) is 0.500. The van der Waals surface area contributed by atoms with E-state index in [-0.39, 0.29) is 5.92 Å². The van der Waals surface area contributed by atoms with Crippen molar-refractivity contribution in [3.8, 4) is 0 Å². The number of rotatable bonds is 3. The van der Waals surface area contributed by atoms with Gasteiger partial charge in [-0.1, -0.05) is 23.7 Å². The summed E-state index contributed by atoms with van der Waals surface area (Å²) in [5.74, 6) is -0.0880. The van der Waals surface area contributed by atoms with E-state index < -0.39 is 15.3 Å². The van der Waals surface area contributed by atoms with Gasteiger partial charge in [-0.15, -0.1) is 0 Å². The SMILES string of the molecule is NS(=O)(=O)[C@@H]1CCOC[C@@H]1Cc1ccc(Cl)cc1. The maximum absolute atomic E-state index is 11.5. The van der Waals surface area contributed by atoms with Crippen LogP contribution in [0.1, 0.15) is 12.0 Å². The highest BCUT2D eigenvalue weighted by Crippen LogP contribution is 2.24. The number of sulfonamides is 1. The number of benzene rings is 1. The van der Waals surface area contributed by atoms with Gasteiger partial charge in [-0.3, -0.25) is 0 Å². The van der Waals surface area contributed by atoms with Crippen LogP contribution in [0.3, 0.4) is 0 Å². The molecule has 0 amide bonds. The van der Waals surface area contributed by atoms with Gasteiger partial charge < -0.3 is 4.74 Å². The van der Waals surface area contributed by atoms with Gasteiger partial charge in [-0.05, 0) is 30.5 Å². The summed E-state index contributed by atoms with van der Waals surface area (Å²) in [5.41, 5.74) is 1.04. The zero-order valence-electron chi connectivity index (χ0n) is 9.88. The van der Waals surface area contributed by atoms with Gasteiger partial charge in [-0.25, -0.2) is 13.6 Å². The van der Waals surface area contributed by atoms with Crippen molar-refractivity contribution in [3.05, 3.63) is 34.9 Å². The predicted molar refractivity (Wildman–Crippen MR) is 71.0 cm³/mol. The summed E-state index contributed by atoms with van der Waals surface area (Å²) >= 11 is 5.82. The number of hydrogen-bond acceptors (Lipinski definition) is 3. The molecule has 100 valence electrons. The van der Waals surface area contributed by atoms with Crippen LogP contribution in [-0.4, -0.2) is 26.9 Å². The lowest BCUT2D eigenvalue weighted by atomic mass is 9.94. The number of halogens is 1. The van der Waals surface area contributed by atoms with E-state index in [9.17, 15) is 8.42 Å². The fourth-order valence-corrected chi connectivity index (χ4v) is 3.59. The first-order chi connectivity index (χ1) is 8.47. The van der Waals surface area contributed by atoms with Crippen molar-refractivity contribution in [1.29, 1.82) is 0 Å². The van der Waals surface area contributed by atoms with Crippen molar-refractivity contribution in [2.45, 2.75) is 18.1 Å². The first-order valence-corrected chi connectivity index (χ1v) is 7.79. The van der Waals surface area contributed by atoms with E-state index in [2.05, 4.69) is 0 Å². The summed E-state index contributed by atoms with van der Waals surface area (Å²) in [6.45, 7) is 0.891. The smallest absolute Gasteiger partial charge is 0.212 e. The number of primary sulfonamides is 1. The highest BCUT2D eigenvalue weighted by molar-refractivity contribution is 7.89. The molecule has 4 nitrogen and oxygen atoms in total. The summed E-state index contributed by atoms with van der Waals surface area (Å²) in [6.07, 6.45) is 1.11. The van der Waals surface area contributed by atoms with Crippen molar-refractivity contribution < 1.29 is 13.2 Å². The topological polar surface area (TPSA) is 69.4 Å². The van der Waals surface area contributed by atoms with Crippen molar-refractivity contribution in [3.63, 3.8) is 0 Å². The Hall–Kier alpha value is -0.620. The third-order valence-electron chi connectivity index (χ3n) is 3.24. The lowest BCUT2D eigenvalue weighted by molar-refractivity contribution is 0.0572. The molecule has 1 aromatic rings. The Morgan fingerprint density at radius 3 is 2.61 bits per heavy atom. The van der Waals surface area contributed by atoms with E-state index in [0.29, 0.717) is 31.1 Å². The Morgan fingerprint density at radius 2 is 2.00 bits per heavy atom. The molecule has 2 atom stereocenters. The largest absolute Gasteiger partial charge is 0.381 e. The Balaban J connectivity index is 2.13. The van der Waals surface area contributed by atoms with Crippen LogP contribution in [0.2, 0.25) is 5.02 Å². The van der Waals surface area contributed by atoms with Crippen LogP contribution in [0.25, 0.3) is 0 Å². The average Bonchev–Trinajstić information content (AvgIpc) is 2.31. The lowest BCUT2D eigenvalue weighted by Crippen LogP contribution is -2.42. The molecule has 6 heteroatoms. The molecular weight excluding hydrogens is 274 g/mol. The van der Waals surface area contributed by atoms with Gasteiger partial charge in [0, 0.05) is 17.5 Å². The average molecular weight is 290 g/mol.